The van der Waals surface area contributed by atoms with E-state index < -0.39 is 0 Å². The second-order valence-electron chi connectivity index (χ2n) is 8.58. The Labute approximate surface area is 188 Å². The maximum absolute atomic E-state index is 12.8. The van der Waals surface area contributed by atoms with Gasteiger partial charge in [0.15, 0.2) is 0 Å². The highest BCUT2D eigenvalue weighted by Crippen LogP contribution is 2.30. The van der Waals surface area contributed by atoms with Crippen LogP contribution >= 0.6 is 0 Å². The van der Waals surface area contributed by atoms with Gasteiger partial charge in [0.1, 0.15) is 17.0 Å². The van der Waals surface area contributed by atoms with Crippen molar-refractivity contribution in [2.75, 3.05) is 37.7 Å². The molecular weight excluding hydrogens is 410 g/mol. The first-order valence-electron chi connectivity index (χ1n) is 11.9. The number of esters is 1. The van der Waals surface area contributed by atoms with Crippen molar-refractivity contribution in [3.63, 3.8) is 0 Å². The number of aryl methyl sites for hydroxylation is 2. The van der Waals surface area contributed by atoms with Crippen LogP contribution in [0.1, 0.15) is 63.9 Å². The van der Waals surface area contributed by atoms with E-state index in [9.17, 15) is 9.59 Å². The van der Waals surface area contributed by atoms with Crippen molar-refractivity contribution >= 4 is 28.8 Å². The zero-order valence-electron chi connectivity index (χ0n) is 19.1. The summed E-state index contributed by atoms with van der Waals surface area (Å²) in [6.07, 6.45) is 6.40. The fourth-order valence-electron chi connectivity index (χ4n) is 4.62. The number of hydrogen-bond acceptors (Lipinski definition) is 8. The standard InChI is InChI=1S/C23H33N5O4/c1-3-17-20-21(28-12-6-5-7-13-28)24-18(25-22(20)32-26-17)8-9-19(29)27-14-10-16(11-15-27)23(30)31-4-2/h16H,3-15H2,1-2H3. The summed E-state index contributed by atoms with van der Waals surface area (Å²) >= 11 is 0. The first-order chi connectivity index (χ1) is 15.6. The van der Waals surface area contributed by atoms with Gasteiger partial charge in [-0.2, -0.15) is 4.98 Å². The van der Waals surface area contributed by atoms with E-state index in [0.717, 1.165) is 49.2 Å². The van der Waals surface area contributed by atoms with E-state index in [1.54, 1.807) is 0 Å². The van der Waals surface area contributed by atoms with Gasteiger partial charge in [0, 0.05) is 39.0 Å². The average Bonchev–Trinajstić information content (AvgIpc) is 3.26. The largest absolute Gasteiger partial charge is 0.466 e. The molecule has 0 radical (unpaired) electrons. The number of carbonyl (C=O) groups is 2. The van der Waals surface area contributed by atoms with Gasteiger partial charge in [0.2, 0.25) is 5.91 Å². The number of rotatable bonds is 7. The Morgan fingerprint density at radius 3 is 2.50 bits per heavy atom. The molecular formula is C23H33N5O4. The van der Waals surface area contributed by atoms with Gasteiger partial charge in [-0.25, -0.2) is 4.98 Å². The lowest BCUT2D eigenvalue weighted by Gasteiger charge is -2.31. The molecule has 9 heteroatoms. The molecule has 0 bridgehead atoms. The Morgan fingerprint density at radius 1 is 1.06 bits per heavy atom. The van der Waals surface area contributed by atoms with Crippen LogP contribution in [-0.2, 0) is 27.2 Å². The summed E-state index contributed by atoms with van der Waals surface area (Å²) in [6.45, 7) is 7.37. The van der Waals surface area contributed by atoms with Gasteiger partial charge in [0.05, 0.1) is 18.2 Å². The number of amides is 1. The molecule has 0 aliphatic carbocycles. The maximum atomic E-state index is 12.8. The van der Waals surface area contributed by atoms with Crippen molar-refractivity contribution in [3.05, 3.63) is 11.5 Å². The molecule has 2 aromatic heterocycles. The summed E-state index contributed by atoms with van der Waals surface area (Å²) in [5, 5.41) is 5.10. The van der Waals surface area contributed by atoms with Gasteiger partial charge in [-0.1, -0.05) is 12.1 Å². The van der Waals surface area contributed by atoms with Crippen molar-refractivity contribution < 1.29 is 18.8 Å². The average molecular weight is 444 g/mol. The van der Waals surface area contributed by atoms with Crippen LogP contribution in [0.5, 0.6) is 0 Å². The maximum Gasteiger partial charge on any atom is 0.309 e. The van der Waals surface area contributed by atoms with Gasteiger partial charge in [0.25, 0.3) is 5.71 Å². The molecule has 1 amide bonds. The highest BCUT2D eigenvalue weighted by Gasteiger charge is 2.28. The lowest BCUT2D eigenvalue weighted by Crippen LogP contribution is -2.40. The van der Waals surface area contributed by atoms with E-state index in [-0.39, 0.29) is 17.8 Å². The molecule has 2 aliphatic heterocycles. The van der Waals surface area contributed by atoms with Gasteiger partial charge in [-0.15, -0.1) is 0 Å². The molecule has 32 heavy (non-hydrogen) atoms. The van der Waals surface area contributed by atoms with E-state index in [2.05, 4.69) is 22.0 Å². The third-order valence-electron chi connectivity index (χ3n) is 6.45. The third-order valence-corrected chi connectivity index (χ3v) is 6.45. The number of likely N-dealkylation sites (tertiary alicyclic amines) is 1. The molecule has 0 unspecified atom stereocenters. The number of aromatic nitrogens is 3. The topological polar surface area (TPSA) is 102 Å². The minimum atomic E-state index is -0.148. The van der Waals surface area contributed by atoms with Crippen molar-refractivity contribution in [2.45, 2.75) is 65.2 Å². The smallest absolute Gasteiger partial charge is 0.309 e. The molecule has 2 saturated heterocycles. The molecule has 0 saturated carbocycles. The molecule has 174 valence electrons. The predicted octanol–water partition coefficient (Wildman–Crippen LogP) is 2.90. The molecule has 4 rings (SSSR count). The van der Waals surface area contributed by atoms with E-state index in [0.29, 0.717) is 56.9 Å². The Morgan fingerprint density at radius 2 is 1.81 bits per heavy atom. The van der Waals surface area contributed by atoms with E-state index in [4.69, 9.17) is 14.2 Å². The van der Waals surface area contributed by atoms with Crippen molar-refractivity contribution in [1.29, 1.82) is 0 Å². The summed E-state index contributed by atoms with van der Waals surface area (Å²) < 4.78 is 10.6. The van der Waals surface area contributed by atoms with Crippen molar-refractivity contribution in [2.24, 2.45) is 5.92 Å². The van der Waals surface area contributed by atoms with Crippen LogP contribution in [0, 0.1) is 5.92 Å². The quantitative estimate of drug-likeness (QED) is 0.602. The van der Waals surface area contributed by atoms with Gasteiger partial charge in [-0.3, -0.25) is 9.59 Å². The third kappa shape index (κ3) is 4.86. The van der Waals surface area contributed by atoms with Crippen LogP contribution in [0.15, 0.2) is 4.52 Å². The van der Waals surface area contributed by atoms with Crippen LogP contribution in [-0.4, -0.2) is 64.7 Å². The van der Waals surface area contributed by atoms with E-state index in [1.807, 2.05) is 11.8 Å². The number of anilines is 1. The highest BCUT2D eigenvalue weighted by atomic mass is 16.5. The van der Waals surface area contributed by atoms with Crippen LogP contribution in [0.4, 0.5) is 5.82 Å². The fourth-order valence-corrected chi connectivity index (χ4v) is 4.62. The Balaban J connectivity index is 1.42. The molecule has 2 aliphatic rings. The summed E-state index contributed by atoms with van der Waals surface area (Å²) in [5.41, 5.74) is 1.39. The SMILES string of the molecule is CCOC(=O)C1CCN(C(=O)CCc2nc(N3CCCCC3)c3c(CC)noc3n2)CC1. The first kappa shape index (κ1) is 22.5. The zero-order chi connectivity index (χ0) is 22.5. The molecule has 0 aromatic carbocycles. The van der Waals surface area contributed by atoms with Crippen LogP contribution in [0.2, 0.25) is 0 Å². The van der Waals surface area contributed by atoms with Gasteiger partial charge >= 0.3 is 5.97 Å². The number of ether oxygens (including phenoxy) is 1. The minimum Gasteiger partial charge on any atom is -0.466 e. The van der Waals surface area contributed by atoms with E-state index in [1.165, 1.54) is 6.42 Å². The second-order valence-corrected chi connectivity index (χ2v) is 8.58. The predicted molar refractivity (Wildman–Crippen MR) is 119 cm³/mol. The number of piperidine rings is 2. The number of hydrogen-bond donors (Lipinski definition) is 0. The summed E-state index contributed by atoms with van der Waals surface area (Å²) in [7, 11) is 0. The lowest BCUT2D eigenvalue weighted by atomic mass is 9.96. The minimum absolute atomic E-state index is 0.0716. The molecule has 0 atom stereocenters. The second kappa shape index (κ2) is 10.3. The first-order valence-corrected chi connectivity index (χ1v) is 11.9. The monoisotopic (exact) mass is 443 g/mol. The van der Waals surface area contributed by atoms with Crippen molar-refractivity contribution in [1.82, 2.24) is 20.0 Å². The molecule has 0 spiro atoms. The van der Waals surface area contributed by atoms with Crippen LogP contribution in [0.3, 0.4) is 0 Å². The van der Waals surface area contributed by atoms with Gasteiger partial charge < -0.3 is 19.1 Å². The fraction of sp³-hybridized carbons (Fsp3) is 0.696. The Bertz CT molecular complexity index is 945. The molecule has 0 N–H and O–H groups in total. The van der Waals surface area contributed by atoms with E-state index >= 15 is 0 Å². The van der Waals surface area contributed by atoms with Crippen LogP contribution < -0.4 is 4.90 Å². The number of carbonyl (C=O) groups excluding carboxylic acids is 2. The summed E-state index contributed by atoms with van der Waals surface area (Å²) in [4.78, 5) is 38.3. The Kier molecular flexibility index (Phi) is 7.22. The number of fused-ring (bicyclic) bond motifs is 1. The summed E-state index contributed by atoms with van der Waals surface area (Å²) in [5.74, 6) is 1.33. The van der Waals surface area contributed by atoms with Crippen molar-refractivity contribution in [3.8, 4) is 0 Å². The number of nitrogens with zero attached hydrogens (tertiary/aromatic N) is 5. The lowest BCUT2D eigenvalue weighted by molar-refractivity contribution is -0.151. The molecule has 4 heterocycles. The van der Waals surface area contributed by atoms with Gasteiger partial charge in [-0.05, 0) is 45.4 Å². The Hall–Kier alpha value is -2.71. The zero-order valence-corrected chi connectivity index (χ0v) is 19.1. The normalized spacial score (nSPS) is 17.7. The highest BCUT2D eigenvalue weighted by molar-refractivity contribution is 5.88. The molecule has 9 nitrogen and oxygen atoms in total. The molecule has 2 aromatic rings. The van der Waals surface area contributed by atoms with Crippen LogP contribution in [0.25, 0.3) is 11.1 Å². The summed E-state index contributed by atoms with van der Waals surface area (Å²) in [6, 6.07) is 0. The molecule has 2 fully saturated rings.